The van der Waals surface area contributed by atoms with Crippen molar-refractivity contribution in [2.45, 2.75) is 19.4 Å². The number of thiophene rings is 1. The minimum absolute atomic E-state index is 0.234. The standard InChI is InChI=1S/C14H17BrN2OS/c1-3-17-12(8-14-11(15)5-7-19-14)10-4-6-16-9-13(10)18-2/h4-7,9,12,17H,3,8H2,1-2H3. The summed E-state index contributed by atoms with van der Waals surface area (Å²) in [6, 6.07) is 4.35. The number of halogens is 1. The summed E-state index contributed by atoms with van der Waals surface area (Å²) in [6.07, 6.45) is 4.52. The largest absolute Gasteiger partial charge is 0.495 e. The summed E-state index contributed by atoms with van der Waals surface area (Å²) in [6.45, 7) is 3.03. The van der Waals surface area contributed by atoms with E-state index in [0.29, 0.717) is 0 Å². The third-order valence-corrected chi connectivity index (χ3v) is 4.89. The van der Waals surface area contributed by atoms with Gasteiger partial charge in [-0.25, -0.2) is 0 Å². The molecule has 0 aromatic carbocycles. The summed E-state index contributed by atoms with van der Waals surface area (Å²) < 4.78 is 6.59. The highest BCUT2D eigenvalue weighted by atomic mass is 79.9. The molecular formula is C14H17BrN2OS. The first-order valence-corrected chi connectivity index (χ1v) is 7.86. The normalized spacial score (nSPS) is 12.4. The second kappa shape index (κ2) is 7.03. The Bertz CT molecular complexity index is 530. The van der Waals surface area contributed by atoms with Crippen molar-refractivity contribution in [1.29, 1.82) is 0 Å². The number of pyridine rings is 1. The third-order valence-electron chi connectivity index (χ3n) is 2.94. The highest BCUT2D eigenvalue weighted by Gasteiger charge is 2.17. The molecule has 0 saturated carbocycles. The molecule has 0 fully saturated rings. The number of aromatic nitrogens is 1. The van der Waals surface area contributed by atoms with Gasteiger partial charge in [-0.3, -0.25) is 4.98 Å². The van der Waals surface area contributed by atoms with Crippen molar-refractivity contribution in [3.05, 3.63) is 44.8 Å². The lowest BCUT2D eigenvalue weighted by molar-refractivity contribution is 0.397. The fraction of sp³-hybridized carbons (Fsp3) is 0.357. The van der Waals surface area contributed by atoms with Crippen LogP contribution in [-0.4, -0.2) is 18.6 Å². The van der Waals surface area contributed by atoms with E-state index in [1.54, 1.807) is 24.6 Å². The smallest absolute Gasteiger partial charge is 0.141 e. The molecule has 5 heteroatoms. The third kappa shape index (κ3) is 3.55. The van der Waals surface area contributed by atoms with Crippen LogP contribution in [0.25, 0.3) is 0 Å². The van der Waals surface area contributed by atoms with Gasteiger partial charge in [0.25, 0.3) is 0 Å². The predicted molar refractivity (Wildman–Crippen MR) is 82.9 cm³/mol. The average molecular weight is 341 g/mol. The molecule has 102 valence electrons. The van der Waals surface area contributed by atoms with Crippen molar-refractivity contribution in [3.63, 3.8) is 0 Å². The van der Waals surface area contributed by atoms with E-state index in [-0.39, 0.29) is 6.04 Å². The molecule has 0 aliphatic carbocycles. The van der Waals surface area contributed by atoms with Crippen LogP contribution in [0.4, 0.5) is 0 Å². The number of hydrogen-bond donors (Lipinski definition) is 1. The lowest BCUT2D eigenvalue weighted by Gasteiger charge is -2.20. The second-order valence-corrected chi connectivity index (χ2v) is 5.98. The molecule has 1 N–H and O–H groups in total. The van der Waals surface area contributed by atoms with Crippen LogP contribution in [0.5, 0.6) is 5.75 Å². The number of likely N-dealkylation sites (N-methyl/N-ethyl adjacent to an activating group) is 1. The van der Waals surface area contributed by atoms with Crippen molar-refractivity contribution in [1.82, 2.24) is 10.3 Å². The first-order chi connectivity index (χ1) is 9.26. The SMILES string of the molecule is CCNC(Cc1sccc1Br)c1ccncc1OC. The summed E-state index contributed by atoms with van der Waals surface area (Å²) in [7, 11) is 1.69. The molecule has 19 heavy (non-hydrogen) atoms. The van der Waals surface area contributed by atoms with E-state index >= 15 is 0 Å². The molecule has 0 amide bonds. The van der Waals surface area contributed by atoms with E-state index in [1.807, 2.05) is 12.3 Å². The predicted octanol–water partition coefficient (Wildman–Crippen LogP) is 3.81. The molecule has 0 saturated heterocycles. The topological polar surface area (TPSA) is 34.2 Å². The monoisotopic (exact) mass is 340 g/mol. The maximum atomic E-state index is 5.41. The fourth-order valence-electron chi connectivity index (χ4n) is 2.04. The maximum absolute atomic E-state index is 5.41. The molecule has 1 atom stereocenters. The minimum atomic E-state index is 0.234. The zero-order chi connectivity index (χ0) is 13.7. The number of nitrogens with zero attached hydrogens (tertiary/aromatic N) is 1. The molecule has 2 heterocycles. The Morgan fingerprint density at radius 3 is 2.95 bits per heavy atom. The first kappa shape index (κ1) is 14.5. The van der Waals surface area contributed by atoms with Crippen LogP contribution in [0.2, 0.25) is 0 Å². The van der Waals surface area contributed by atoms with Gasteiger partial charge in [0, 0.05) is 33.6 Å². The van der Waals surface area contributed by atoms with E-state index in [1.165, 1.54) is 9.35 Å². The zero-order valence-corrected chi connectivity index (χ0v) is 13.4. The van der Waals surface area contributed by atoms with Crippen LogP contribution in [0, 0.1) is 0 Å². The van der Waals surface area contributed by atoms with E-state index in [4.69, 9.17) is 4.74 Å². The van der Waals surface area contributed by atoms with Crippen LogP contribution in [0.15, 0.2) is 34.4 Å². The Hall–Kier alpha value is -0.910. The van der Waals surface area contributed by atoms with Gasteiger partial charge >= 0.3 is 0 Å². The minimum Gasteiger partial charge on any atom is -0.495 e. The highest BCUT2D eigenvalue weighted by Crippen LogP contribution is 2.31. The van der Waals surface area contributed by atoms with Crippen LogP contribution < -0.4 is 10.1 Å². The van der Waals surface area contributed by atoms with Gasteiger partial charge in [-0.15, -0.1) is 11.3 Å². The molecule has 0 spiro atoms. The molecule has 0 radical (unpaired) electrons. The van der Waals surface area contributed by atoms with Crippen molar-refractivity contribution in [2.75, 3.05) is 13.7 Å². The van der Waals surface area contributed by atoms with E-state index in [2.05, 4.69) is 44.6 Å². The quantitative estimate of drug-likeness (QED) is 0.868. The summed E-state index contributed by atoms with van der Waals surface area (Å²) in [5.41, 5.74) is 1.15. The molecular weight excluding hydrogens is 324 g/mol. The lowest BCUT2D eigenvalue weighted by atomic mass is 10.0. The van der Waals surface area contributed by atoms with E-state index in [9.17, 15) is 0 Å². The Morgan fingerprint density at radius 2 is 2.32 bits per heavy atom. The molecule has 0 aliphatic heterocycles. The van der Waals surface area contributed by atoms with E-state index in [0.717, 1.165) is 24.3 Å². The zero-order valence-electron chi connectivity index (χ0n) is 11.0. The van der Waals surface area contributed by atoms with E-state index < -0.39 is 0 Å². The van der Waals surface area contributed by atoms with Crippen molar-refractivity contribution in [2.24, 2.45) is 0 Å². The van der Waals surface area contributed by atoms with Crippen molar-refractivity contribution < 1.29 is 4.74 Å². The van der Waals surface area contributed by atoms with Crippen LogP contribution in [0.1, 0.15) is 23.4 Å². The molecule has 2 rings (SSSR count). The van der Waals surface area contributed by atoms with Gasteiger partial charge in [0.15, 0.2) is 0 Å². The molecule has 3 nitrogen and oxygen atoms in total. The highest BCUT2D eigenvalue weighted by molar-refractivity contribution is 9.10. The van der Waals surface area contributed by atoms with Gasteiger partial charge in [-0.1, -0.05) is 6.92 Å². The summed E-state index contributed by atoms with van der Waals surface area (Å²) in [5.74, 6) is 0.834. The number of hydrogen-bond acceptors (Lipinski definition) is 4. The summed E-state index contributed by atoms with van der Waals surface area (Å²) in [5, 5.41) is 5.62. The van der Waals surface area contributed by atoms with Crippen LogP contribution >= 0.6 is 27.3 Å². The molecule has 0 aliphatic rings. The second-order valence-electron chi connectivity index (χ2n) is 4.12. The molecule has 1 unspecified atom stereocenters. The molecule has 0 bridgehead atoms. The number of nitrogens with one attached hydrogen (secondary N) is 1. The Balaban J connectivity index is 2.27. The molecule has 2 aromatic heterocycles. The fourth-order valence-corrected chi connectivity index (χ4v) is 3.61. The van der Waals surface area contributed by atoms with Gasteiger partial charge in [0.2, 0.25) is 0 Å². The Labute approximate surface area is 126 Å². The van der Waals surface area contributed by atoms with Crippen LogP contribution in [0.3, 0.4) is 0 Å². The Morgan fingerprint density at radius 1 is 1.47 bits per heavy atom. The van der Waals surface area contributed by atoms with Gasteiger partial charge in [-0.2, -0.15) is 0 Å². The first-order valence-electron chi connectivity index (χ1n) is 6.19. The Kier molecular flexibility index (Phi) is 5.36. The number of rotatable bonds is 6. The van der Waals surface area contributed by atoms with Gasteiger partial charge in [0.1, 0.15) is 5.75 Å². The number of ether oxygens (including phenoxy) is 1. The lowest BCUT2D eigenvalue weighted by Crippen LogP contribution is -2.23. The van der Waals surface area contributed by atoms with Gasteiger partial charge in [0.05, 0.1) is 13.3 Å². The molecule has 2 aromatic rings. The van der Waals surface area contributed by atoms with Gasteiger partial charge < -0.3 is 10.1 Å². The maximum Gasteiger partial charge on any atom is 0.141 e. The number of methoxy groups -OCH3 is 1. The summed E-state index contributed by atoms with van der Waals surface area (Å²) >= 11 is 5.36. The summed E-state index contributed by atoms with van der Waals surface area (Å²) in [4.78, 5) is 5.45. The van der Waals surface area contributed by atoms with Crippen LogP contribution in [-0.2, 0) is 6.42 Å². The van der Waals surface area contributed by atoms with Crippen molar-refractivity contribution in [3.8, 4) is 5.75 Å². The average Bonchev–Trinajstić information content (AvgIpc) is 2.84. The van der Waals surface area contributed by atoms with Gasteiger partial charge in [-0.05, 0) is 40.0 Å². The van der Waals surface area contributed by atoms with Crippen molar-refractivity contribution >= 4 is 27.3 Å².